The molecule has 1 saturated heterocycles. The number of nitrogens with zero attached hydrogens (tertiary/aromatic N) is 2. The van der Waals surface area contributed by atoms with Crippen LogP contribution in [0.4, 0.5) is 0 Å². The van der Waals surface area contributed by atoms with E-state index in [0.29, 0.717) is 5.92 Å². The molecule has 1 amide bonds. The van der Waals surface area contributed by atoms with Gasteiger partial charge in [0.05, 0.1) is 10.7 Å². The largest absolute Gasteiger partial charge is 0.351 e. The summed E-state index contributed by atoms with van der Waals surface area (Å²) >= 11 is 1.55. The van der Waals surface area contributed by atoms with Crippen molar-refractivity contribution in [3.05, 3.63) is 15.6 Å². The lowest BCUT2D eigenvalue weighted by molar-refractivity contribution is 0.0955. The van der Waals surface area contributed by atoms with Gasteiger partial charge in [0, 0.05) is 19.0 Å². The van der Waals surface area contributed by atoms with Gasteiger partial charge in [-0.2, -0.15) is 0 Å². The van der Waals surface area contributed by atoms with Gasteiger partial charge >= 0.3 is 0 Å². The van der Waals surface area contributed by atoms with Crippen LogP contribution in [0.3, 0.4) is 0 Å². The third-order valence-electron chi connectivity index (χ3n) is 4.73. The first kappa shape index (κ1) is 19.4. The second-order valence-electron chi connectivity index (χ2n) is 7.46. The number of hydrogen-bond donors (Lipinski definition) is 1. The van der Waals surface area contributed by atoms with E-state index < -0.39 is 0 Å². The molecule has 0 radical (unpaired) electrons. The molecule has 0 aromatic carbocycles. The third kappa shape index (κ3) is 5.85. The molecule has 2 rings (SSSR count). The van der Waals surface area contributed by atoms with Gasteiger partial charge in [-0.05, 0) is 58.5 Å². The summed E-state index contributed by atoms with van der Waals surface area (Å²) in [4.78, 5) is 20.2. The zero-order valence-electron chi connectivity index (χ0n) is 15.7. The van der Waals surface area contributed by atoms with Crippen LogP contribution in [-0.4, -0.2) is 41.5 Å². The van der Waals surface area contributed by atoms with Gasteiger partial charge in [0.1, 0.15) is 4.88 Å². The highest BCUT2D eigenvalue weighted by Crippen LogP contribution is 2.20. The maximum Gasteiger partial charge on any atom is 0.263 e. The van der Waals surface area contributed by atoms with Crippen molar-refractivity contribution in [1.29, 1.82) is 0 Å². The molecule has 0 aliphatic carbocycles. The Balaban J connectivity index is 1.68. The normalized spacial score (nSPS) is 19.0. The number of thiazole rings is 1. The topological polar surface area (TPSA) is 45.2 Å². The van der Waals surface area contributed by atoms with Gasteiger partial charge in [0.2, 0.25) is 0 Å². The van der Waals surface area contributed by atoms with E-state index in [1.54, 1.807) is 11.3 Å². The highest BCUT2D eigenvalue weighted by Gasteiger charge is 2.18. The summed E-state index contributed by atoms with van der Waals surface area (Å²) in [6, 6.07) is 0.729. The molecule has 2 heterocycles. The zero-order chi connectivity index (χ0) is 17.5. The third-order valence-corrected chi connectivity index (χ3v) is 5.91. The molecule has 4 nitrogen and oxygen atoms in total. The van der Waals surface area contributed by atoms with Crippen LogP contribution in [0, 0.1) is 12.8 Å². The molecular weight excluding hydrogens is 318 g/mol. The lowest BCUT2D eigenvalue weighted by Crippen LogP contribution is -2.38. The molecule has 1 fully saturated rings. The Labute approximate surface area is 151 Å². The molecule has 1 aliphatic rings. The lowest BCUT2D eigenvalue weighted by atomic mass is 10.0. The summed E-state index contributed by atoms with van der Waals surface area (Å²) in [7, 11) is 0. The second kappa shape index (κ2) is 9.52. The van der Waals surface area contributed by atoms with E-state index in [2.05, 4.69) is 36.0 Å². The van der Waals surface area contributed by atoms with Gasteiger partial charge in [-0.1, -0.05) is 20.3 Å². The minimum absolute atomic E-state index is 0.0475. The van der Waals surface area contributed by atoms with E-state index >= 15 is 0 Å². The van der Waals surface area contributed by atoms with E-state index in [9.17, 15) is 4.79 Å². The van der Waals surface area contributed by atoms with Gasteiger partial charge < -0.3 is 10.2 Å². The predicted octanol–water partition coefficient (Wildman–Crippen LogP) is 4.03. The van der Waals surface area contributed by atoms with Crippen LogP contribution in [0.1, 0.15) is 73.2 Å². The van der Waals surface area contributed by atoms with E-state index in [-0.39, 0.29) is 5.91 Å². The van der Waals surface area contributed by atoms with Gasteiger partial charge in [0.25, 0.3) is 5.91 Å². The van der Waals surface area contributed by atoms with Crippen molar-refractivity contribution in [3.63, 3.8) is 0 Å². The average Bonchev–Trinajstić information content (AvgIpc) is 2.88. The maximum atomic E-state index is 12.3. The number of carbonyl (C=O) groups excluding carboxylic acids is 1. The van der Waals surface area contributed by atoms with Crippen LogP contribution in [0.2, 0.25) is 0 Å². The number of hydrogen-bond acceptors (Lipinski definition) is 4. The number of aromatic nitrogens is 1. The highest BCUT2D eigenvalue weighted by atomic mass is 32.1. The smallest absolute Gasteiger partial charge is 0.263 e. The van der Waals surface area contributed by atoms with Crippen LogP contribution in [0.25, 0.3) is 0 Å². The minimum Gasteiger partial charge on any atom is -0.351 e. The van der Waals surface area contributed by atoms with Crippen molar-refractivity contribution in [2.24, 2.45) is 5.92 Å². The van der Waals surface area contributed by atoms with E-state index in [0.717, 1.165) is 54.0 Å². The number of piperidine rings is 1. The fourth-order valence-corrected chi connectivity index (χ4v) is 4.50. The quantitative estimate of drug-likeness (QED) is 0.719. The van der Waals surface area contributed by atoms with Crippen LogP contribution in [0.5, 0.6) is 0 Å². The van der Waals surface area contributed by atoms with Gasteiger partial charge in [-0.15, -0.1) is 11.3 Å². The number of amides is 1. The van der Waals surface area contributed by atoms with Crippen molar-refractivity contribution >= 4 is 17.2 Å². The number of rotatable bonds is 8. The number of carbonyl (C=O) groups is 1. The van der Waals surface area contributed by atoms with Crippen molar-refractivity contribution in [1.82, 2.24) is 15.2 Å². The molecule has 0 bridgehead atoms. The van der Waals surface area contributed by atoms with Crippen molar-refractivity contribution in [3.8, 4) is 0 Å². The Morgan fingerprint density at radius 1 is 1.38 bits per heavy atom. The van der Waals surface area contributed by atoms with E-state index in [1.807, 2.05) is 6.92 Å². The molecule has 0 saturated carbocycles. The number of unbranched alkanes of at least 4 members (excludes halogenated alkanes) is 1. The Morgan fingerprint density at radius 2 is 2.17 bits per heavy atom. The van der Waals surface area contributed by atoms with Crippen molar-refractivity contribution in [2.45, 2.75) is 72.3 Å². The SMILES string of the molecule is Cc1nc(CC(C)C)sc1C(=O)NCCCCN1CCCCC1C. The molecule has 1 aromatic heterocycles. The average molecular weight is 352 g/mol. The Bertz CT molecular complexity index is 527. The molecule has 5 heteroatoms. The standard InChI is InChI=1S/C19H33N3OS/c1-14(2)13-17-21-16(4)18(24-17)19(23)20-10-6-8-12-22-11-7-5-9-15(22)3/h14-15H,5-13H2,1-4H3,(H,20,23). The molecule has 1 aromatic rings. The molecule has 0 spiro atoms. The zero-order valence-corrected chi connectivity index (χ0v) is 16.5. The molecule has 136 valence electrons. The van der Waals surface area contributed by atoms with Crippen LogP contribution in [-0.2, 0) is 6.42 Å². The van der Waals surface area contributed by atoms with E-state index in [1.165, 1.54) is 25.8 Å². The first-order valence-corrected chi connectivity index (χ1v) is 10.3. The summed E-state index contributed by atoms with van der Waals surface area (Å²) in [5.74, 6) is 0.620. The fourth-order valence-electron chi connectivity index (χ4n) is 3.31. The van der Waals surface area contributed by atoms with Crippen LogP contribution in [0.15, 0.2) is 0 Å². The second-order valence-corrected chi connectivity index (χ2v) is 8.55. The summed E-state index contributed by atoms with van der Waals surface area (Å²) in [5, 5.41) is 4.14. The lowest BCUT2D eigenvalue weighted by Gasteiger charge is -2.33. The summed E-state index contributed by atoms with van der Waals surface area (Å²) < 4.78 is 0. The van der Waals surface area contributed by atoms with Gasteiger partial charge in [-0.25, -0.2) is 4.98 Å². The Hall–Kier alpha value is -0.940. The van der Waals surface area contributed by atoms with Gasteiger partial charge in [0.15, 0.2) is 0 Å². The number of likely N-dealkylation sites (tertiary alicyclic amines) is 1. The molecule has 1 unspecified atom stereocenters. The molecule has 1 N–H and O–H groups in total. The first-order valence-electron chi connectivity index (χ1n) is 9.46. The number of aryl methyl sites for hydroxylation is 1. The fraction of sp³-hybridized carbons (Fsp3) is 0.789. The van der Waals surface area contributed by atoms with Crippen molar-refractivity contribution < 1.29 is 4.79 Å². The first-order chi connectivity index (χ1) is 11.5. The molecule has 24 heavy (non-hydrogen) atoms. The molecular formula is C19H33N3OS. The van der Waals surface area contributed by atoms with Crippen LogP contribution < -0.4 is 5.32 Å². The van der Waals surface area contributed by atoms with Gasteiger partial charge in [-0.3, -0.25) is 4.79 Å². The predicted molar refractivity (Wildman–Crippen MR) is 102 cm³/mol. The molecule has 1 aliphatic heterocycles. The minimum atomic E-state index is 0.0475. The Morgan fingerprint density at radius 3 is 2.88 bits per heavy atom. The van der Waals surface area contributed by atoms with Crippen molar-refractivity contribution in [2.75, 3.05) is 19.6 Å². The molecule has 1 atom stereocenters. The Kier molecular flexibility index (Phi) is 7.69. The maximum absolute atomic E-state index is 12.3. The highest BCUT2D eigenvalue weighted by molar-refractivity contribution is 7.13. The summed E-state index contributed by atoms with van der Waals surface area (Å²) in [6.45, 7) is 11.8. The summed E-state index contributed by atoms with van der Waals surface area (Å²) in [5.41, 5.74) is 0.871. The monoisotopic (exact) mass is 351 g/mol. The van der Waals surface area contributed by atoms with Crippen LogP contribution >= 0.6 is 11.3 Å². The summed E-state index contributed by atoms with van der Waals surface area (Å²) in [6.07, 6.45) is 7.20. The number of nitrogens with one attached hydrogen (secondary N) is 1. The van der Waals surface area contributed by atoms with E-state index in [4.69, 9.17) is 0 Å².